The minimum absolute atomic E-state index is 0.0644. The van der Waals surface area contributed by atoms with Crippen LogP contribution in [-0.2, 0) is 11.4 Å². The third-order valence-corrected chi connectivity index (χ3v) is 4.48. The summed E-state index contributed by atoms with van der Waals surface area (Å²) in [5.41, 5.74) is 1.77. The van der Waals surface area contributed by atoms with Crippen molar-refractivity contribution in [2.45, 2.75) is 52.3 Å². The molecule has 2 atom stereocenters. The van der Waals surface area contributed by atoms with Crippen LogP contribution in [0.4, 0.5) is 4.79 Å². The zero-order chi connectivity index (χ0) is 21.1. The fourth-order valence-electron chi connectivity index (χ4n) is 2.58. The molecule has 29 heavy (non-hydrogen) atoms. The zero-order valence-electron chi connectivity index (χ0n) is 17.3. The number of rotatable bonds is 10. The van der Waals surface area contributed by atoms with Gasteiger partial charge in [0.2, 0.25) is 5.91 Å². The van der Waals surface area contributed by atoms with Crippen molar-refractivity contribution in [2.24, 2.45) is 0 Å². The van der Waals surface area contributed by atoms with E-state index in [9.17, 15) is 9.59 Å². The number of carbonyl (C=O) groups excluding carboxylic acids is 2. The first kappa shape index (κ1) is 22.2. The number of nitrogens with zero attached hydrogens (tertiary/aromatic N) is 1. The molecule has 2 rings (SSSR count). The van der Waals surface area contributed by atoms with E-state index < -0.39 is 0 Å². The van der Waals surface area contributed by atoms with E-state index in [0.717, 1.165) is 17.7 Å². The maximum atomic E-state index is 12.1. The molecule has 0 radical (unpaired) electrons. The lowest BCUT2D eigenvalue weighted by molar-refractivity contribution is -0.121. The summed E-state index contributed by atoms with van der Waals surface area (Å²) in [6.07, 6.45) is 2.86. The van der Waals surface area contributed by atoms with Crippen LogP contribution in [0.5, 0.6) is 5.75 Å². The van der Waals surface area contributed by atoms with E-state index in [1.807, 2.05) is 63.2 Å². The molecule has 156 valence electrons. The van der Waals surface area contributed by atoms with Crippen LogP contribution in [-0.4, -0.2) is 29.5 Å². The molecular formula is C22H30N4O3. The van der Waals surface area contributed by atoms with Crippen molar-refractivity contribution in [3.63, 3.8) is 0 Å². The smallest absolute Gasteiger partial charge is 0.315 e. The Hall–Kier alpha value is -3.09. The molecule has 0 aliphatic heterocycles. The van der Waals surface area contributed by atoms with Crippen LogP contribution in [0.1, 0.15) is 50.9 Å². The molecule has 0 bridgehead atoms. The number of hydrogen-bond donors (Lipinski definition) is 3. The van der Waals surface area contributed by atoms with Crippen LogP contribution in [0.3, 0.4) is 0 Å². The second-order valence-electron chi connectivity index (χ2n) is 6.93. The molecule has 3 amide bonds. The van der Waals surface area contributed by atoms with E-state index >= 15 is 0 Å². The molecule has 7 nitrogen and oxygen atoms in total. The predicted octanol–water partition coefficient (Wildman–Crippen LogP) is 3.33. The van der Waals surface area contributed by atoms with Gasteiger partial charge in [-0.15, -0.1) is 0 Å². The summed E-state index contributed by atoms with van der Waals surface area (Å²) in [7, 11) is 0. The minimum atomic E-state index is -0.311. The Morgan fingerprint density at radius 3 is 2.66 bits per heavy atom. The number of urea groups is 1. The first-order chi connectivity index (χ1) is 14.0. The molecule has 1 heterocycles. The third-order valence-electron chi connectivity index (χ3n) is 4.48. The van der Waals surface area contributed by atoms with Crippen LogP contribution in [0.15, 0.2) is 48.7 Å². The summed E-state index contributed by atoms with van der Waals surface area (Å²) in [5.74, 6) is 0.648. The van der Waals surface area contributed by atoms with Gasteiger partial charge in [-0.2, -0.15) is 0 Å². The van der Waals surface area contributed by atoms with E-state index in [-0.39, 0.29) is 37.0 Å². The van der Waals surface area contributed by atoms with E-state index in [2.05, 4.69) is 20.9 Å². The molecule has 0 unspecified atom stereocenters. The van der Waals surface area contributed by atoms with E-state index in [4.69, 9.17) is 4.74 Å². The van der Waals surface area contributed by atoms with Crippen LogP contribution in [0.2, 0.25) is 0 Å². The van der Waals surface area contributed by atoms with Crippen LogP contribution in [0, 0.1) is 0 Å². The number of ether oxygens (including phenoxy) is 1. The average Bonchev–Trinajstić information content (AvgIpc) is 2.73. The van der Waals surface area contributed by atoms with Crippen LogP contribution in [0.25, 0.3) is 0 Å². The maximum Gasteiger partial charge on any atom is 0.315 e. The molecular weight excluding hydrogens is 368 g/mol. The van der Waals surface area contributed by atoms with Gasteiger partial charge in [0.25, 0.3) is 0 Å². The molecule has 0 aliphatic rings. The number of hydrogen-bond acceptors (Lipinski definition) is 4. The van der Waals surface area contributed by atoms with Gasteiger partial charge in [0, 0.05) is 25.2 Å². The van der Waals surface area contributed by atoms with Gasteiger partial charge in [0.1, 0.15) is 12.4 Å². The topological polar surface area (TPSA) is 92.4 Å². The predicted molar refractivity (Wildman–Crippen MR) is 112 cm³/mol. The Morgan fingerprint density at radius 1 is 1.10 bits per heavy atom. The highest BCUT2D eigenvalue weighted by atomic mass is 16.5. The van der Waals surface area contributed by atoms with Crippen molar-refractivity contribution in [3.05, 3.63) is 59.9 Å². The lowest BCUT2D eigenvalue weighted by Crippen LogP contribution is -2.40. The molecule has 0 saturated carbocycles. The van der Waals surface area contributed by atoms with E-state index in [1.165, 1.54) is 0 Å². The van der Waals surface area contributed by atoms with Crippen molar-refractivity contribution in [1.29, 1.82) is 0 Å². The Labute approximate surface area is 172 Å². The molecule has 7 heteroatoms. The largest absolute Gasteiger partial charge is 0.487 e. The highest BCUT2D eigenvalue weighted by molar-refractivity contribution is 5.78. The molecule has 2 aromatic rings. The maximum absolute atomic E-state index is 12.1. The van der Waals surface area contributed by atoms with E-state index in [0.29, 0.717) is 12.4 Å². The molecule has 0 spiro atoms. The monoisotopic (exact) mass is 398 g/mol. The summed E-state index contributed by atoms with van der Waals surface area (Å²) in [5, 5.41) is 8.46. The number of aromatic nitrogens is 1. The van der Waals surface area contributed by atoms with Gasteiger partial charge in [0.15, 0.2) is 0 Å². The standard InChI is InChI=1S/C22H30N4O3/c1-4-16(2)25-21(27)11-13-24-22(28)26-17(3)18-8-7-10-20(14-18)29-15-19-9-5-6-12-23-19/h5-10,12,14,16-17H,4,11,13,15H2,1-3H3,(H,25,27)(H2,24,26,28)/t16-,17+/m1/s1. The second-order valence-corrected chi connectivity index (χ2v) is 6.93. The molecule has 3 N–H and O–H groups in total. The summed E-state index contributed by atoms with van der Waals surface area (Å²) in [4.78, 5) is 28.1. The van der Waals surface area contributed by atoms with Gasteiger partial charge in [-0.3, -0.25) is 9.78 Å². The summed E-state index contributed by atoms with van der Waals surface area (Å²) in [6, 6.07) is 12.9. The molecule has 0 aliphatic carbocycles. The summed E-state index contributed by atoms with van der Waals surface area (Å²) < 4.78 is 5.78. The zero-order valence-corrected chi connectivity index (χ0v) is 17.3. The first-order valence-corrected chi connectivity index (χ1v) is 9.94. The van der Waals surface area contributed by atoms with E-state index in [1.54, 1.807) is 6.20 Å². The Bertz CT molecular complexity index is 783. The SMILES string of the molecule is CC[C@@H](C)NC(=O)CCNC(=O)N[C@@H](C)c1cccc(OCc2ccccn2)c1. The van der Waals surface area contributed by atoms with Gasteiger partial charge in [-0.1, -0.05) is 25.1 Å². The minimum Gasteiger partial charge on any atom is -0.487 e. The number of benzene rings is 1. The van der Waals surface area contributed by atoms with Gasteiger partial charge in [-0.25, -0.2) is 4.79 Å². The number of carbonyl (C=O) groups is 2. The Balaban J connectivity index is 1.77. The van der Waals surface area contributed by atoms with Gasteiger partial charge in [-0.05, 0) is 50.1 Å². The number of nitrogens with one attached hydrogen (secondary N) is 3. The average molecular weight is 399 g/mol. The molecule has 1 aromatic carbocycles. The van der Waals surface area contributed by atoms with Crippen molar-refractivity contribution in [1.82, 2.24) is 20.9 Å². The highest BCUT2D eigenvalue weighted by Crippen LogP contribution is 2.19. The number of amides is 3. The van der Waals surface area contributed by atoms with Crippen LogP contribution < -0.4 is 20.7 Å². The van der Waals surface area contributed by atoms with Crippen molar-refractivity contribution in [2.75, 3.05) is 6.54 Å². The Kier molecular flexibility index (Phi) is 8.95. The second kappa shape index (κ2) is 11.7. The van der Waals surface area contributed by atoms with Crippen molar-refractivity contribution >= 4 is 11.9 Å². The summed E-state index contributed by atoms with van der Waals surface area (Å²) in [6.45, 7) is 6.52. The normalized spacial score (nSPS) is 12.5. The molecule has 0 saturated heterocycles. The van der Waals surface area contributed by atoms with Gasteiger partial charge >= 0.3 is 6.03 Å². The lowest BCUT2D eigenvalue weighted by Gasteiger charge is -2.16. The molecule has 1 aromatic heterocycles. The van der Waals surface area contributed by atoms with Gasteiger partial charge in [0.05, 0.1) is 11.7 Å². The first-order valence-electron chi connectivity index (χ1n) is 9.94. The summed E-state index contributed by atoms with van der Waals surface area (Å²) >= 11 is 0. The number of pyridine rings is 1. The quantitative estimate of drug-likeness (QED) is 0.572. The molecule has 0 fully saturated rings. The fourth-order valence-corrected chi connectivity index (χ4v) is 2.58. The Morgan fingerprint density at radius 2 is 1.93 bits per heavy atom. The third kappa shape index (κ3) is 8.21. The van der Waals surface area contributed by atoms with Crippen molar-refractivity contribution < 1.29 is 14.3 Å². The highest BCUT2D eigenvalue weighted by Gasteiger charge is 2.11. The van der Waals surface area contributed by atoms with Gasteiger partial charge < -0.3 is 20.7 Å². The van der Waals surface area contributed by atoms with Crippen LogP contribution >= 0.6 is 0 Å². The fraction of sp³-hybridized carbons (Fsp3) is 0.409. The lowest BCUT2D eigenvalue weighted by atomic mass is 10.1. The van der Waals surface area contributed by atoms with Crippen molar-refractivity contribution in [3.8, 4) is 5.75 Å².